The number of rotatable bonds is 8. The average Bonchev–Trinajstić information content (AvgIpc) is 3.18. The number of methoxy groups -OCH3 is 1. The van der Waals surface area contributed by atoms with Crippen LogP contribution in [0.5, 0.6) is 0 Å². The lowest BCUT2D eigenvalue weighted by Crippen LogP contribution is -2.46. The number of aromatic nitrogens is 3. The third-order valence-corrected chi connectivity index (χ3v) is 5.45. The van der Waals surface area contributed by atoms with Gasteiger partial charge in [-0.15, -0.1) is 24.0 Å². The number of hydrogen-bond donors (Lipinski definition) is 3. The smallest absolute Gasteiger partial charge is 0.227 e. The predicted octanol–water partition coefficient (Wildman–Crippen LogP) is 2.71. The van der Waals surface area contributed by atoms with Crippen LogP contribution in [0.4, 0.5) is 5.69 Å². The summed E-state index contributed by atoms with van der Waals surface area (Å²) >= 11 is 0. The van der Waals surface area contributed by atoms with E-state index in [0.717, 1.165) is 54.7 Å². The second-order valence-corrected chi connectivity index (χ2v) is 7.86. The van der Waals surface area contributed by atoms with Crippen LogP contribution in [0.3, 0.4) is 0 Å². The molecule has 1 aromatic heterocycles. The van der Waals surface area contributed by atoms with E-state index in [1.807, 2.05) is 42.8 Å². The molecule has 0 fully saturated rings. The minimum absolute atomic E-state index is 0. The van der Waals surface area contributed by atoms with Crippen LogP contribution in [-0.4, -0.2) is 46.8 Å². The number of benzene rings is 1. The Morgan fingerprint density at radius 3 is 2.94 bits per heavy atom. The van der Waals surface area contributed by atoms with Gasteiger partial charge in [0, 0.05) is 44.8 Å². The average molecular weight is 555 g/mol. The maximum absolute atomic E-state index is 12.1. The Bertz CT molecular complexity index is 915. The second-order valence-electron chi connectivity index (χ2n) is 7.86. The number of guanidine groups is 1. The Hall–Kier alpha value is -2.21. The van der Waals surface area contributed by atoms with Crippen LogP contribution in [-0.2, 0) is 35.6 Å². The fraction of sp³-hybridized carbons (Fsp3) is 0.545. The number of amides is 1. The van der Waals surface area contributed by atoms with E-state index in [4.69, 9.17) is 4.74 Å². The summed E-state index contributed by atoms with van der Waals surface area (Å²) < 4.78 is 7.08. The van der Waals surface area contributed by atoms with Gasteiger partial charge in [-0.05, 0) is 30.5 Å². The molecule has 0 bridgehead atoms. The summed E-state index contributed by atoms with van der Waals surface area (Å²) in [5.74, 6) is 2.50. The molecule has 32 heavy (non-hydrogen) atoms. The van der Waals surface area contributed by atoms with Crippen LogP contribution in [0, 0.1) is 5.92 Å². The molecular weight excluding hydrogens is 521 g/mol. The van der Waals surface area contributed by atoms with E-state index in [1.54, 1.807) is 14.2 Å². The number of nitrogens with one attached hydrogen (secondary N) is 3. The quantitative estimate of drug-likeness (QED) is 0.263. The van der Waals surface area contributed by atoms with Gasteiger partial charge in [-0.2, -0.15) is 5.10 Å². The van der Waals surface area contributed by atoms with Gasteiger partial charge in [-0.1, -0.05) is 26.0 Å². The molecule has 3 rings (SSSR count). The normalized spacial score (nSPS) is 16.5. The van der Waals surface area contributed by atoms with E-state index in [1.165, 1.54) is 0 Å². The van der Waals surface area contributed by atoms with Crippen LogP contribution < -0.4 is 16.0 Å². The van der Waals surface area contributed by atoms with E-state index in [0.29, 0.717) is 13.2 Å². The molecule has 2 heterocycles. The van der Waals surface area contributed by atoms with E-state index >= 15 is 0 Å². The molecule has 1 aliphatic rings. The molecule has 1 aliphatic heterocycles. The molecule has 9 nitrogen and oxygen atoms in total. The number of anilines is 1. The topological polar surface area (TPSA) is 105 Å². The van der Waals surface area contributed by atoms with Crippen molar-refractivity contribution in [1.29, 1.82) is 0 Å². The van der Waals surface area contributed by atoms with Crippen molar-refractivity contribution in [2.24, 2.45) is 10.9 Å². The highest BCUT2D eigenvalue weighted by Gasteiger charge is 2.22. The highest BCUT2D eigenvalue weighted by Crippen LogP contribution is 2.15. The summed E-state index contributed by atoms with van der Waals surface area (Å²) in [6, 6.07) is 8.09. The van der Waals surface area contributed by atoms with Gasteiger partial charge in [0.25, 0.3) is 0 Å². The van der Waals surface area contributed by atoms with Crippen LogP contribution >= 0.6 is 24.0 Å². The van der Waals surface area contributed by atoms with Gasteiger partial charge in [0.05, 0.1) is 6.54 Å². The molecule has 2 atom stereocenters. The lowest BCUT2D eigenvalue weighted by molar-refractivity contribution is -0.119. The molecule has 0 radical (unpaired) electrons. The zero-order valence-electron chi connectivity index (χ0n) is 19.2. The number of fused-ring (bicyclic) bond motifs is 1. The maximum atomic E-state index is 12.1. The first-order chi connectivity index (χ1) is 15.0. The number of nitrogens with zero attached hydrogens (tertiary/aromatic N) is 4. The van der Waals surface area contributed by atoms with Gasteiger partial charge < -0.3 is 20.7 Å². The predicted molar refractivity (Wildman–Crippen MR) is 136 cm³/mol. The molecule has 0 spiro atoms. The van der Waals surface area contributed by atoms with Crippen molar-refractivity contribution in [3.63, 3.8) is 0 Å². The van der Waals surface area contributed by atoms with E-state index < -0.39 is 0 Å². The Morgan fingerprint density at radius 1 is 1.41 bits per heavy atom. The molecule has 3 N–H and O–H groups in total. The van der Waals surface area contributed by atoms with Crippen LogP contribution in [0.2, 0.25) is 0 Å². The van der Waals surface area contributed by atoms with Crippen molar-refractivity contribution < 1.29 is 9.53 Å². The maximum Gasteiger partial charge on any atom is 0.227 e. The summed E-state index contributed by atoms with van der Waals surface area (Å²) in [6.07, 6.45) is 2.65. The first-order valence-corrected chi connectivity index (χ1v) is 10.8. The highest BCUT2D eigenvalue weighted by atomic mass is 127. The lowest BCUT2D eigenvalue weighted by Gasteiger charge is -2.25. The summed E-state index contributed by atoms with van der Waals surface area (Å²) in [5.41, 5.74) is 1.88. The third-order valence-electron chi connectivity index (χ3n) is 5.45. The Labute approximate surface area is 206 Å². The second kappa shape index (κ2) is 12.7. The molecule has 0 saturated heterocycles. The summed E-state index contributed by atoms with van der Waals surface area (Å²) in [5, 5.41) is 14.3. The first-order valence-electron chi connectivity index (χ1n) is 10.8. The highest BCUT2D eigenvalue weighted by molar-refractivity contribution is 14.0. The molecule has 2 aromatic rings. The summed E-state index contributed by atoms with van der Waals surface area (Å²) in [7, 11) is 3.41. The molecule has 176 valence electrons. The number of carbonyl (C=O) groups excluding carboxylic acids is 1. The lowest BCUT2D eigenvalue weighted by atomic mass is 10.1. The Kier molecular flexibility index (Phi) is 10.4. The SMILES string of the molecule is CCC(C)C(=O)Nc1cccc(CNC(=NC)NC2CCc3nc(COC)nn3C2)c1.I. The van der Waals surface area contributed by atoms with Crippen molar-refractivity contribution in [3.8, 4) is 0 Å². The van der Waals surface area contributed by atoms with Crippen molar-refractivity contribution in [3.05, 3.63) is 41.5 Å². The summed E-state index contributed by atoms with van der Waals surface area (Å²) in [4.78, 5) is 21.0. The number of carbonyl (C=O) groups is 1. The fourth-order valence-corrected chi connectivity index (χ4v) is 3.45. The minimum atomic E-state index is -0.00335. The third kappa shape index (κ3) is 7.16. The van der Waals surface area contributed by atoms with Gasteiger partial charge >= 0.3 is 0 Å². The molecule has 10 heteroatoms. The van der Waals surface area contributed by atoms with Gasteiger partial charge in [0.2, 0.25) is 5.91 Å². The zero-order valence-corrected chi connectivity index (χ0v) is 21.6. The molecule has 1 aromatic carbocycles. The molecule has 2 unspecified atom stereocenters. The van der Waals surface area contributed by atoms with Gasteiger partial charge in [-0.25, -0.2) is 9.67 Å². The monoisotopic (exact) mass is 555 g/mol. The number of aryl methyl sites for hydroxylation is 1. The Balaban J connectivity index is 0.00000363. The van der Waals surface area contributed by atoms with Gasteiger partial charge in [0.1, 0.15) is 12.4 Å². The largest absolute Gasteiger partial charge is 0.377 e. The van der Waals surface area contributed by atoms with E-state index in [-0.39, 0.29) is 41.8 Å². The van der Waals surface area contributed by atoms with Crippen molar-refractivity contribution in [1.82, 2.24) is 25.4 Å². The molecule has 1 amide bonds. The van der Waals surface area contributed by atoms with Gasteiger partial charge in [0.15, 0.2) is 11.8 Å². The van der Waals surface area contributed by atoms with Crippen molar-refractivity contribution in [2.75, 3.05) is 19.5 Å². The van der Waals surface area contributed by atoms with Crippen LogP contribution in [0.1, 0.15) is 43.9 Å². The van der Waals surface area contributed by atoms with Crippen LogP contribution in [0.15, 0.2) is 29.3 Å². The molecule has 0 saturated carbocycles. The van der Waals surface area contributed by atoms with E-state index in [9.17, 15) is 4.79 Å². The first kappa shape index (κ1) is 26.0. The fourth-order valence-electron chi connectivity index (χ4n) is 3.45. The van der Waals surface area contributed by atoms with Crippen molar-refractivity contribution >= 4 is 41.5 Å². The zero-order chi connectivity index (χ0) is 22.2. The summed E-state index contributed by atoms with van der Waals surface area (Å²) in [6.45, 7) is 5.72. The van der Waals surface area contributed by atoms with Gasteiger partial charge in [-0.3, -0.25) is 9.79 Å². The Morgan fingerprint density at radius 2 is 2.22 bits per heavy atom. The number of hydrogen-bond acceptors (Lipinski definition) is 5. The standard InChI is InChI=1S/C22H33N7O2.HI/c1-5-15(2)21(30)25-17-8-6-7-16(11-17)12-24-22(23-3)26-18-9-10-20-27-19(14-31-4)28-29(20)13-18;/h6-8,11,15,18H,5,9-10,12-14H2,1-4H3,(H,25,30)(H2,23,24,26);1H. The minimum Gasteiger partial charge on any atom is -0.377 e. The van der Waals surface area contributed by atoms with E-state index in [2.05, 4.69) is 31.0 Å². The van der Waals surface area contributed by atoms with Crippen LogP contribution in [0.25, 0.3) is 0 Å². The van der Waals surface area contributed by atoms with Crippen molar-refractivity contribution in [2.45, 2.75) is 58.8 Å². The molecule has 0 aliphatic carbocycles. The number of ether oxygens (including phenoxy) is 1. The molecular formula is C22H34IN7O2. The number of aliphatic imine (C=N–C) groups is 1. The number of halogens is 1.